The van der Waals surface area contributed by atoms with Gasteiger partial charge in [-0.25, -0.2) is 10.8 Å². The van der Waals surface area contributed by atoms with Crippen LogP contribution in [-0.2, 0) is 4.79 Å². The number of anilines is 1. The quantitative estimate of drug-likeness (QED) is 0.194. The van der Waals surface area contributed by atoms with Crippen LogP contribution >= 0.6 is 11.6 Å². The van der Waals surface area contributed by atoms with E-state index in [-0.39, 0.29) is 17.6 Å². The zero-order valence-corrected chi connectivity index (χ0v) is 21.6. The predicted octanol–water partition coefficient (Wildman–Crippen LogP) is 3.00. The summed E-state index contributed by atoms with van der Waals surface area (Å²) in [6.45, 7) is 4.74. The van der Waals surface area contributed by atoms with Gasteiger partial charge in [-0.05, 0) is 43.2 Å². The number of aromatic nitrogens is 3. The molecule has 1 fully saturated rings. The van der Waals surface area contributed by atoms with Gasteiger partial charge in [0.1, 0.15) is 17.1 Å². The number of H-pyrrole nitrogens is 1. The fraction of sp³-hybridized carbons (Fsp3) is 0.231. The molecule has 38 heavy (non-hydrogen) atoms. The van der Waals surface area contributed by atoms with Gasteiger partial charge in [0.05, 0.1) is 35.4 Å². The number of hydrogen-bond donors (Lipinski definition) is 4. The third-order valence-electron chi connectivity index (χ3n) is 6.27. The fourth-order valence-corrected chi connectivity index (χ4v) is 4.35. The minimum absolute atomic E-state index is 0.0442. The highest BCUT2D eigenvalue weighted by atomic mass is 35.5. The Morgan fingerprint density at radius 3 is 2.71 bits per heavy atom. The average Bonchev–Trinajstić information content (AvgIpc) is 3.38. The fourth-order valence-electron chi connectivity index (χ4n) is 4.17. The van der Waals surface area contributed by atoms with Crippen molar-refractivity contribution in [2.24, 2.45) is 11.6 Å². The van der Waals surface area contributed by atoms with Gasteiger partial charge in [-0.15, -0.1) is 0 Å². The molecule has 4 rings (SSSR count). The second-order valence-corrected chi connectivity index (χ2v) is 9.07. The molecular weight excluding hydrogens is 508 g/mol. The van der Waals surface area contributed by atoms with Gasteiger partial charge >= 0.3 is 0 Å². The molecule has 3 heterocycles. The number of carbonyl (C=O) groups is 2. The van der Waals surface area contributed by atoms with E-state index in [1.165, 1.54) is 19.4 Å². The number of halogens is 1. The summed E-state index contributed by atoms with van der Waals surface area (Å²) in [5.74, 6) is 6.19. The summed E-state index contributed by atoms with van der Waals surface area (Å²) in [4.78, 5) is 30.9. The number of benzene rings is 1. The molecule has 0 bridgehead atoms. The van der Waals surface area contributed by atoms with Crippen molar-refractivity contribution in [2.45, 2.75) is 18.9 Å². The molecule has 1 saturated heterocycles. The van der Waals surface area contributed by atoms with Gasteiger partial charge in [0.25, 0.3) is 5.91 Å². The maximum absolute atomic E-state index is 12.9. The highest BCUT2D eigenvalue weighted by molar-refractivity contribution is 6.32. The lowest BCUT2D eigenvalue weighted by molar-refractivity contribution is -0.127. The van der Waals surface area contributed by atoms with Crippen LogP contribution < -0.4 is 21.6 Å². The minimum Gasteiger partial charge on any atom is -0.495 e. The summed E-state index contributed by atoms with van der Waals surface area (Å²) in [6.07, 6.45) is 5.89. The van der Waals surface area contributed by atoms with Crippen molar-refractivity contribution in [1.82, 2.24) is 25.1 Å². The maximum Gasteiger partial charge on any atom is 0.274 e. The highest BCUT2D eigenvalue weighted by Crippen LogP contribution is 2.29. The van der Waals surface area contributed by atoms with Crippen LogP contribution in [0.15, 0.2) is 61.4 Å². The molecule has 0 saturated carbocycles. The Morgan fingerprint density at radius 1 is 1.29 bits per heavy atom. The Balaban J connectivity index is 1.45. The Kier molecular flexibility index (Phi) is 8.29. The Morgan fingerprint density at radius 2 is 2.05 bits per heavy atom. The second kappa shape index (κ2) is 11.8. The van der Waals surface area contributed by atoms with Crippen molar-refractivity contribution in [3.05, 3.63) is 77.7 Å². The number of carbonyl (C=O) groups excluding carboxylic acids is 2. The Labute approximate surface area is 225 Å². The van der Waals surface area contributed by atoms with Crippen molar-refractivity contribution >= 4 is 34.8 Å². The summed E-state index contributed by atoms with van der Waals surface area (Å²) in [7, 11) is 1.50. The van der Waals surface area contributed by atoms with Gasteiger partial charge in [-0.2, -0.15) is 5.10 Å². The lowest BCUT2D eigenvalue weighted by Gasteiger charge is -2.35. The number of hydrogen-bond acceptors (Lipinski definition) is 8. The van der Waals surface area contributed by atoms with Crippen molar-refractivity contribution in [1.29, 1.82) is 0 Å². The van der Waals surface area contributed by atoms with Crippen LogP contribution in [0, 0.1) is 0 Å². The van der Waals surface area contributed by atoms with Gasteiger partial charge < -0.3 is 25.7 Å². The molecule has 1 aliphatic heterocycles. The number of hydrazine groups is 1. The molecule has 12 heteroatoms. The van der Waals surface area contributed by atoms with Gasteiger partial charge in [-0.1, -0.05) is 30.3 Å². The maximum atomic E-state index is 12.9. The Hall–Kier alpha value is -4.35. The third kappa shape index (κ3) is 5.96. The van der Waals surface area contributed by atoms with Gasteiger partial charge in [0, 0.05) is 30.9 Å². The van der Waals surface area contributed by atoms with Crippen molar-refractivity contribution in [3.8, 4) is 17.1 Å². The Bertz CT molecular complexity index is 1360. The molecular formula is C26H29ClN8O3. The van der Waals surface area contributed by atoms with Crippen LogP contribution in [0.4, 0.5) is 5.69 Å². The van der Waals surface area contributed by atoms with Crippen LogP contribution in [0.5, 0.6) is 5.75 Å². The van der Waals surface area contributed by atoms with Crippen molar-refractivity contribution in [2.75, 3.05) is 25.5 Å². The normalized spacial score (nSPS) is 14.2. The van der Waals surface area contributed by atoms with E-state index in [0.717, 1.165) is 12.8 Å². The zero-order valence-electron chi connectivity index (χ0n) is 20.9. The van der Waals surface area contributed by atoms with E-state index in [1.54, 1.807) is 52.5 Å². The minimum atomic E-state index is -0.425. The largest absolute Gasteiger partial charge is 0.495 e. The third-order valence-corrected chi connectivity index (χ3v) is 6.56. The SMILES string of the molecule is C=CC(=O)N1CCC(N(N)/C=C(\N)c2ccc(NC(=O)c3cccc(-c4[nH]ncc4Cl)n3)c(OC)c2)CC1. The monoisotopic (exact) mass is 536 g/mol. The highest BCUT2D eigenvalue weighted by Gasteiger charge is 2.24. The van der Waals surface area contributed by atoms with Crippen LogP contribution in [0.2, 0.25) is 5.02 Å². The molecule has 2 aromatic heterocycles. The topological polar surface area (TPSA) is 155 Å². The van der Waals surface area contributed by atoms with Gasteiger partial charge in [0.15, 0.2) is 0 Å². The number of piperidine rings is 1. The number of nitrogens with one attached hydrogen (secondary N) is 2. The number of likely N-dealkylation sites (tertiary alicyclic amines) is 1. The first-order valence-corrected chi connectivity index (χ1v) is 12.3. The number of nitrogens with zero attached hydrogens (tertiary/aromatic N) is 4. The van der Waals surface area contributed by atoms with Crippen LogP contribution in [0.3, 0.4) is 0 Å². The molecule has 0 radical (unpaired) electrons. The number of aromatic amines is 1. The van der Waals surface area contributed by atoms with Crippen molar-refractivity contribution in [3.63, 3.8) is 0 Å². The number of rotatable bonds is 8. The number of amides is 2. The molecule has 3 aromatic rings. The average molecular weight is 537 g/mol. The number of nitrogens with two attached hydrogens (primary N) is 2. The molecule has 11 nitrogen and oxygen atoms in total. The van der Waals surface area contributed by atoms with E-state index in [9.17, 15) is 9.59 Å². The molecule has 1 aliphatic rings. The van der Waals surface area contributed by atoms with Crippen LogP contribution in [-0.4, -0.2) is 63.1 Å². The van der Waals surface area contributed by atoms with Crippen LogP contribution in [0.1, 0.15) is 28.9 Å². The molecule has 0 aliphatic carbocycles. The molecule has 198 valence electrons. The lowest BCUT2D eigenvalue weighted by atomic mass is 10.0. The summed E-state index contributed by atoms with van der Waals surface area (Å²) in [5.41, 5.74) is 9.09. The van der Waals surface area contributed by atoms with E-state index >= 15 is 0 Å². The summed E-state index contributed by atoms with van der Waals surface area (Å²) in [5, 5.41) is 11.5. The van der Waals surface area contributed by atoms with Crippen molar-refractivity contribution < 1.29 is 14.3 Å². The van der Waals surface area contributed by atoms with Crippen LogP contribution in [0.25, 0.3) is 17.1 Å². The van der Waals surface area contributed by atoms with E-state index in [0.29, 0.717) is 52.2 Å². The molecule has 2 amide bonds. The zero-order chi connectivity index (χ0) is 27.2. The van der Waals surface area contributed by atoms with E-state index in [2.05, 4.69) is 27.1 Å². The molecule has 6 N–H and O–H groups in total. The van der Waals surface area contributed by atoms with E-state index in [1.807, 2.05) is 0 Å². The summed E-state index contributed by atoms with van der Waals surface area (Å²) < 4.78 is 5.50. The lowest BCUT2D eigenvalue weighted by Crippen LogP contribution is -2.47. The molecule has 0 atom stereocenters. The first-order valence-electron chi connectivity index (χ1n) is 11.9. The number of pyridine rings is 1. The number of ether oxygens (including phenoxy) is 1. The standard InChI is InChI=1S/C26H29ClN8O3/c1-3-24(36)34-11-9-17(10-12-34)35(29)15-19(28)16-7-8-20(23(13-16)38-2)32-26(37)22-6-4-5-21(31-22)25-18(27)14-30-33-25/h3-8,13-15,17H,1,9-12,28-29H2,2H3,(H,30,33)(H,32,37)/b19-15-. The first kappa shape index (κ1) is 26.7. The summed E-state index contributed by atoms with van der Waals surface area (Å²) >= 11 is 6.12. The number of methoxy groups -OCH3 is 1. The predicted molar refractivity (Wildman–Crippen MR) is 146 cm³/mol. The smallest absolute Gasteiger partial charge is 0.274 e. The molecule has 0 spiro atoms. The molecule has 1 aromatic carbocycles. The summed E-state index contributed by atoms with van der Waals surface area (Å²) in [6, 6.07) is 10.3. The van der Waals surface area contributed by atoms with Gasteiger partial charge in [0.2, 0.25) is 5.91 Å². The van der Waals surface area contributed by atoms with E-state index < -0.39 is 5.91 Å². The van der Waals surface area contributed by atoms with Gasteiger partial charge in [-0.3, -0.25) is 14.7 Å². The second-order valence-electron chi connectivity index (χ2n) is 8.66. The molecule has 0 unspecified atom stereocenters. The van der Waals surface area contributed by atoms with E-state index in [4.69, 9.17) is 27.9 Å². The first-order chi connectivity index (χ1) is 18.3.